The lowest BCUT2D eigenvalue weighted by atomic mass is 10.2. The zero-order valence-electron chi connectivity index (χ0n) is 11.9. The van der Waals surface area contributed by atoms with Gasteiger partial charge in [0.25, 0.3) is 0 Å². The summed E-state index contributed by atoms with van der Waals surface area (Å²) < 4.78 is 37.2. The van der Waals surface area contributed by atoms with Gasteiger partial charge in [-0.05, 0) is 20.3 Å². The Kier molecular flexibility index (Phi) is 5.32. The van der Waals surface area contributed by atoms with Gasteiger partial charge in [-0.1, -0.05) is 6.92 Å². The topological polar surface area (TPSA) is 106 Å². The molecule has 7 nitrogen and oxygen atoms in total. The van der Waals surface area contributed by atoms with Crippen molar-refractivity contribution in [2.24, 2.45) is 0 Å². The van der Waals surface area contributed by atoms with E-state index in [1.807, 2.05) is 0 Å². The summed E-state index contributed by atoms with van der Waals surface area (Å²) in [5, 5.41) is 9.14. The molecule has 1 atom stereocenters. The summed E-state index contributed by atoms with van der Waals surface area (Å²) in [5.41, 5.74) is -0.331. The maximum atomic E-state index is 12.3. The summed E-state index contributed by atoms with van der Waals surface area (Å²) in [4.78, 5) is 10.9. The molecule has 1 aromatic heterocycles. The highest BCUT2D eigenvalue weighted by atomic mass is 32.2. The maximum Gasteiger partial charge on any atom is 0.340 e. The van der Waals surface area contributed by atoms with Gasteiger partial charge >= 0.3 is 5.97 Å². The predicted octanol–water partition coefficient (Wildman–Crippen LogP) is 1.30. The highest BCUT2D eigenvalue weighted by Crippen LogP contribution is 2.26. The van der Waals surface area contributed by atoms with Crippen molar-refractivity contribution in [3.8, 4) is 0 Å². The second-order valence-electron chi connectivity index (χ2n) is 4.41. The lowest BCUT2D eigenvalue weighted by molar-refractivity contribution is 0.0691. The Hall–Kier alpha value is -1.38. The van der Waals surface area contributed by atoms with Gasteiger partial charge in [-0.3, -0.25) is 0 Å². The summed E-state index contributed by atoms with van der Waals surface area (Å²) in [6.07, 6.45) is 0.519. The van der Waals surface area contributed by atoms with Gasteiger partial charge in [0.15, 0.2) is 0 Å². The number of carboxylic acids is 1. The lowest BCUT2D eigenvalue weighted by Gasteiger charge is -2.16. The molecule has 0 fully saturated rings. The SMILES string of the molecule is CCC(COC)NS(=O)(=O)c1c(C)oc(C)c1C(=O)O. The van der Waals surface area contributed by atoms with Crippen molar-refractivity contribution in [1.29, 1.82) is 0 Å². The van der Waals surface area contributed by atoms with Crippen LogP contribution in [0.1, 0.15) is 35.2 Å². The Morgan fingerprint density at radius 2 is 2.00 bits per heavy atom. The smallest absolute Gasteiger partial charge is 0.340 e. The summed E-state index contributed by atoms with van der Waals surface area (Å²) >= 11 is 0. The number of ether oxygens (including phenoxy) is 1. The Morgan fingerprint density at radius 3 is 2.45 bits per heavy atom. The van der Waals surface area contributed by atoms with E-state index in [4.69, 9.17) is 14.3 Å². The number of aromatic carboxylic acids is 1. The van der Waals surface area contributed by atoms with Crippen molar-refractivity contribution in [3.63, 3.8) is 0 Å². The fraction of sp³-hybridized carbons (Fsp3) is 0.583. The standard InChI is InChI=1S/C12H19NO6S/c1-5-9(6-18-4)13-20(16,17)11-8(3)19-7(2)10(11)12(14)15/h9,13H,5-6H2,1-4H3,(H,14,15). The minimum Gasteiger partial charge on any atom is -0.478 e. The average molecular weight is 305 g/mol. The van der Waals surface area contributed by atoms with Crippen LogP contribution in [0.5, 0.6) is 0 Å². The summed E-state index contributed by atoms with van der Waals surface area (Å²) in [7, 11) is -2.52. The van der Waals surface area contributed by atoms with Crippen molar-refractivity contribution in [1.82, 2.24) is 4.72 Å². The fourth-order valence-electron chi connectivity index (χ4n) is 1.95. The number of carbonyl (C=O) groups is 1. The first-order chi connectivity index (χ1) is 9.24. The van der Waals surface area contributed by atoms with E-state index in [1.54, 1.807) is 6.92 Å². The summed E-state index contributed by atoms with van der Waals surface area (Å²) in [6, 6.07) is -0.429. The van der Waals surface area contributed by atoms with Gasteiger partial charge in [0.05, 0.1) is 6.61 Å². The third-order valence-corrected chi connectivity index (χ3v) is 4.54. The Bertz CT molecular complexity index is 589. The van der Waals surface area contributed by atoms with Crippen molar-refractivity contribution in [2.75, 3.05) is 13.7 Å². The number of nitrogens with one attached hydrogen (secondary N) is 1. The van der Waals surface area contributed by atoms with Crippen molar-refractivity contribution in [2.45, 2.75) is 38.1 Å². The van der Waals surface area contributed by atoms with Crippen LogP contribution in [0.2, 0.25) is 0 Å². The molecular weight excluding hydrogens is 286 g/mol. The van der Waals surface area contributed by atoms with E-state index in [0.29, 0.717) is 6.42 Å². The van der Waals surface area contributed by atoms with Crippen LogP contribution in [0.15, 0.2) is 9.31 Å². The molecule has 0 aromatic carbocycles. The second kappa shape index (κ2) is 6.38. The molecule has 0 bridgehead atoms. The molecule has 2 N–H and O–H groups in total. The molecule has 0 amide bonds. The van der Waals surface area contributed by atoms with Crippen LogP contribution in [0.3, 0.4) is 0 Å². The average Bonchev–Trinajstić information content (AvgIpc) is 2.64. The third-order valence-electron chi connectivity index (χ3n) is 2.87. The number of hydrogen-bond acceptors (Lipinski definition) is 5. The van der Waals surface area contributed by atoms with Gasteiger partial charge in [0, 0.05) is 13.2 Å². The number of furan rings is 1. The largest absolute Gasteiger partial charge is 0.478 e. The normalized spacial score (nSPS) is 13.4. The molecule has 0 aliphatic heterocycles. The predicted molar refractivity (Wildman–Crippen MR) is 71.4 cm³/mol. The lowest BCUT2D eigenvalue weighted by Crippen LogP contribution is -2.38. The van der Waals surface area contributed by atoms with Crippen LogP contribution in [-0.4, -0.2) is 39.3 Å². The Balaban J connectivity index is 3.25. The van der Waals surface area contributed by atoms with Crippen LogP contribution < -0.4 is 4.72 Å². The van der Waals surface area contributed by atoms with Gasteiger partial charge in [-0.2, -0.15) is 0 Å². The molecule has 1 heterocycles. The number of sulfonamides is 1. The first kappa shape index (κ1) is 16.7. The van der Waals surface area contributed by atoms with E-state index in [2.05, 4.69) is 4.72 Å². The first-order valence-electron chi connectivity index (χ1n) is 6.09. The van der Waals surface area contributed by atoms with Gasteiger partial charge in [0.2, 0.25) is 10.0 Å². The van der Waals surface area contributed by atoms with E-state index in [-0.39, 0.29) is 28.6 Å². The highest BCUT2D eigenvalue weighted by molar-refractivity contribution is 7.89. The monoisotopic (exact) mass is 305 g/mol. The van der Waals surface area contributed by atoms with Crippen LogP contribution in [0, 0.1) is 13.8 Å². The summed E-state index contributed by atoms with van der Waals surface area (Å²) in [6.45, 7) is 4.85. The van der Waals surface area contributed by atoms with Gasteiger partial charge in [0.1, 0.15) is 22.0 Å². The number of carboxylic acid groups (broad SMARTS) is 1. The highest BCUT2D eigenvalue weighted by Gasteiger charge is 2.32. The van der Waals surface area contributed by atoms with Crippen molar-refractivity contribution >= 4 is 16.0 Å². The molecule has 0 aliphatic carbocycles. The van der Waals surface area contributed by atoms with E-state index >= 15 is 0 Å². The zero-order chi connectivity index (χ0) is 15.5. The quantitative estimate of drug-likeness (QED) is 0.786. The molecular formula is C12H19NO6S. The van der Waals surface area contributed by atoms with Crippen LogP contribution in [-0.2, 0) is 14.8 Å². The minimum absolute atomic E-state index is 0.0552. The molecule has 1 unspecified atom stereocenters. The van der Waals surface area contributed by atoms with Crippen molar-refractivity contribution < 1.29 is 27.5 Å². The number of methoxy groups -OCH3 is 1. The molecule has 1 aromatic rings. The molecule has 8 heteroatoms. The minimum atomic E-state index is -3.98. The van der Waals surface area contributed by atoms with Crippen LogP contribution >= 0.6 is 0 Å². The van der Waals surface area contributed by atoms with Crippen LogP contribution in [0.4, 0.5) is 0 Å². The Labute approximate surface area is 118 Å². The number of aryl methyl sites for hydroxylation is 2. The fourth-order valence-corrected chi connectivity index (χ4v) is 3.66. The first-order valence-corrected chi connectivity index (χ1v) is 7.57. The molecule has 20 heavy (non-hydrogen) atoms. The van der Waals surface area contributed by atoms with E-state index < -0.39 is 22.0 Å². The van der Waals surface area contributed by atoms with E-state index in [1.165, 1.54) is 21.0 Å². The summed E-state index contributed by atoms with van der Waals surface area (Å²) in [5.74, 6) is -1.21. The third kappa shape index (κ3) is 3.38. The van der Waals surface area contributed by atoms with Gasteiger partial charge < -0.3 is 14.3 Å². The number of rotatable bonds is 7. The van der Waals surface area contributed by atoms with Crippen LogP contribution in [0.25, 0.3) is 0 Å². The van der Waals surface area contributed by atoms with E-state index in [0.717, 1.165) is 0 Å². The Morgan fingerprint density at radius 1 is 1.40 bits per heavy atom. The van der Waals surface area contributed by atoms with Crippen molar-refractivity contribution in [3.05, 3.63) is 17.1 Å². The molecule has 0 saturated carbocycles. The van der Waals surface area contributed by atoms with Gasteiger partial charge in [-0.15, -0.1) is 0 Å². The van der Waals surface area contributed by atoms with E-state index in [9.17, 15) is 13.2 Å². The van der Waals surface area contributed by atoms with Gasteiger partial charge in [-0.25, -0.2) is 17.9 Å². The molecule has 0 saturated heterocycles. The number of hydrogen-bond donors (Lipinski definition) is 2. The maximum absolute atomic E-state index is 12.3. The molecule has 0 spiro atoms. The molecule has 114 valence electrons. The molecule has 0 aliphatic rings. The molecule has 0 radical (unpaired) electrons. The zero-order valence-corrected chi connectivity index (χ0v) is 12.7. The second-order valence-corrected chi connectivity index (χ2v) is 6.06. The molecule has 1 rings (SSSR count).